The molecule has 0 saturated carbocycles. The lowest BCUT2D eigenvalue weighted by Gasteiger charge is -2.06. The molecule has 0 aliphatic heterocycles. The van der Waals surface area contributed by atoms with Gasteiger partial charge in [0.25, 0.3) is 0 Å². The summed E-state index contributed by atoms with van der Waals surface area (Å²) in [6.07, 6.45) is 0. The molecule has 0 spiro atoms. The van der Waals surface area contributed by atoms with Crippen LogP contribution in [0.3, 0.4) is 0 Å². The molecule has 70 valence electrons. The minimum absolute atomic E-state index is 0.317. The lowest BCUT2D eigenvalue weighted by Crippen LogP contribution is -2.07. The van der Waals surface area contributed by atoms with E-state index in [1.165, 1.54) is 7.11 Å². The number of rotatable bonds is 2. The molecule has 0 amide bonds. The standard InChI is InChI=1S/C9H8BrClO2/c1-13-9(12)8(10)6-2-4-7(11)5-3-6/h2-5,8H,1H3/t8-/m0/s1. The Labute approximate surface area is 90.0 Å². The molecular weight excluding hydrogens is 255 g/mol. The summed E-state index contributed by atoms with van der Waals surface area (Å²) in [5.41, 5.74) is 0.830. The fourth-order valence-corrected chi connectivity index (χ4v) is 1.49. The Morgan fingerprint density at radius 1 is 1.46 bits per heavy atom. The summed E-state index contributed by atoms with van der Waals surface area (Å²) < 4.78 is 4.58. The Balaban J connectivity index is 2.83. The molecule has 0 bridgehead atoms. The van der Waals surface area contributed by atoms with Crippen molar-refractivity contribution >= 4 is 33.5 Å². The van der Waals surface area contributed by atoms with E-state index in [2.05, 4.69) is 20.7 Å². The van der Waals surface area contributed by atoms with E-state index in [1.807, 2.05) is 0 Å². The van der Waals surface area contributed by atoms with Crippen molar-refractivity contribution in [3.63, 3.8) is 0 Å². The van der Waals surface area contributed by atoms with Crippen molar-refractivity contribution in [1.82, 2.24) is 0 Å². The predicted molar refractivity (Wildman–Crippen MR) is 55.1 cm³/mol. The topological polar surface area (TPSA) is 26.3 Å². The average Bonchev–Trinajstić information content (AvgIpc) is 2.17. The van der Waals surface area contributed by atoms with E-state index in [4.69, 9.17) is 11.6 Å². The van der Waals surface area contributed by atoms with Crippen molar-refractivity contribution in [2.45, 2.75) is 4.83 Å². The summed E-state index contributed by atoms with van der Waals surface area (Å²) in [5, 5.41) is 0.647. The first-order valence-corrected chi connectivity index (χ1v) is 4.92. The molecule has 0 fully saturated rings. The van der Waals surface area contributed by atoms with Crippen LogP contribution < -0.4 is 0 Å². The second kappa shape index (κ2) is 4.63. The van der Waals surface area contributed by atoms with Crippen LogP contribution in [0.1, 0.15) is 10.4 Å². The largest absolute Gasteiger partial charge is 0.468 e. The van der Waals surface area contributed by atoms with Crippen LogP contribution in [0.2, 0.25) is 5.02 Å². The highest BCUT2D eigenvalue weighted by Crippen LogP contribution is 2.24. The Morgan fingerprint density at radius 2 is 2.00 bits per heavy atom. The van der Waals surface area contributed by atoms with Crippen molar-refractivity contribution in [3.8, 4) is 0 Å². The summed E-state index contributed by atoms with van der Waals surface area (Å²) >= 11 is 8.92. The monoisotopic (exact) mass is 262 g/mol. The third-order valence-electron chi connectivity index (χ3n) is 1.57. The summed E-state index contributed by atoms with van der Waals surface area (Å²) in [4.78, 5) is 10.7. The van der Waals surface area contributed by atoms with E-state index >= 15 is 0 Å². The van der Waals surface area contributed by atoms with Crippen molar-refractivity contribution in [2.24, 2.45) is 0 Å². The third-order valence-corrected chi connectivity index (χ3v) is 2.73. The quantitative estimate of drug-likeness (QED) is 0.606. The zero-order valence-electron chi connectivity index (χ0n) is 6.96. The molecule has 0 radical (unpaired) electrons. The van der Waals surface area contributed by atoms with Crippen LogP contribution in [0.25, 0.3) is 0 Å². The van der Waals surface area contributed by atoms with Gasteiger partial charge in [-0.3, -0.25) is 4.79 Å². The minimum Gasteiger partial charge on any atom is -0.468 e. The lowest BCUT2D eigenvalue weighted by atomic mass is 10.1. The second-order valence-corrected chi connectivity index (χ2v) is 3.79. The number of carbonyl (C=O) groups is 1. The van der Waals surface area contributed by atoms with Gasteiger partial charge >= 0.3 is 5.97 Å². The molecule has 0 saturated heterocycles. The van der Waals surface area contributed by atoms with E-state index in [1.54, 1.807) is 24.3 Å². The number of benzene rings is 1. The van der Waals surface area contributed by atoms with Gasteiger partial charge in [-0.2, -0.15) is 0 Å². The summed E-state index contributed by atoms with van der Waals surface area (Å²) in [6.45, 7) is 0. The van der Waals surface area contributed by atoms with Gasteiger partial charge in [-0.25, -0.2) is 0 Å². The van der Waals surface area contributed by atoms with Gasteiger partial charge in [0, 0.05) is 5.02 Å². The van der Waals surface area contributed by atoms with Crippen LogP contribution >= 0.6 is 27.5 Å². The van der Waals surface area contributed by atoms with E-state index in [0.717, 1.165) is 5.56 Å². The molecule has 0 aliphatic rings. The summed E-state index contributed by atoms with van der Waals surface area (Å²) in [6, 6.07) is 7.01. The first-order chi connectivity index (χ1) is 6.15. The fraction of sp³-hybridized carbons (Fsp3) is 0.222. The van der Waals surface area contributed by atoms with Crippen LogP contribution in [0, 0.1) is 0 Å². The maximum absolute atomic E-state index is 11.1. The Kier molecular flexibility index (Phi) is 3.75. The Morgan fingerprint density at radius 3 is 2.46 bits per heavy atom. The number of hydrogen-bond donors (Lipinski definition) is 0. The minimum atomic E-state index is -0.422. The molecule has 1 atom stereocenters. The van der Waals surface area contributed by atoms with Crippen LogP contribution in [0.4, 0.5) is 0 Å². The number of alkyl halides is 1. The summed E-state index contributed by atoms with van der Waals surface area (Å²) in [5.74, 6) is -0.317. The van der Waals surface area contributed by atoms with Crippen LogP contribution in [-0.4, -0.2) is 13.1 Å². The molecule has 1 aromatic rings. The van der Waals surface area contributed by atoms with Gasteiger partial charge < -0.3 is 4.74 Å². The molecule has 0 unspecified atom stereocenters. The van der Waals surface area contributed by atoms with E-state index in [9.17, 15) is 4.79 Å². The predicted octanol–water partition coefficient (Wildman–Crippen LogP) is 2.95. The zero-order valence-corrected chi connectivity index (χ0v) is 9.30. The van der Waals surface area contributed by atoms with Crippen LogP contribution in [-0.2, 0) is 9.53 Å². The SMILES string of the molecule is COC(=O)[C@@H](Br)c1ccc(Cl)cc1. The molecule has 4 heteroatoms. The number of halogens is 2. The molecule has 13 heavy (non-hydrogen) atoms. The molecule has 0 N–H and O–H groups in total. The highest BCUT2D eigenvalue weighted by atomic mass is 79.9. The van der Waals surface area contributed by atoms with E-state index < -0.39 is 4.83 Å². The normalized spacial score (nSPS) is 12.2. The van der Waals surface area contributed by atoms with Crippen molar-refractivity contribution < 1.29 is 9.53 Å². The molecule has 0 heterocycles. The zero-order chi connectivity index (χ0) is 9.84. The van der Waals surface area contributed by atoms with Gasteiger partial charge in [-0.05, 0) is 17.7 Å². The smallest absolute Gasteiger partial charge is 0.323 e. The van der Waals surface area contributed by atoms with Gasteiger partial charge in [0.15, 0.2) is 0 Å². The average molecular weight is 264 g/mol. The van der Waals surface area contributed by atoms with E-state index in [-0.39, 0.29) is 5.97 Å². The van der Waals surface area contributed by atoms with Crippen LogP contribution in [0.15, 0.2) is 24.3 Å². The molecule has 1 rings (SSSR count). The number of ether oxygens (including phenoxy) is 1. The molecular formula is C9H8BrClO2. The number of carbonyl (C=O) groups excluding carboxylic acids is 1. The Hall–Kier alpha value is -0.540. The first-order valence-electron chi connectivity index (χ1n) is 3.62. The van der Waals surface area contributed by atoms with Gasteiger partial charge in [0.2, 0.25) is 0 Å². The fourth-order valence-electron chi connectivity index (χ4n) is 0.871. The van der Waals surface area contributed by atoms with Crippen molar-refractivity contribution in [3.05, 3.63) is 34.9 Å². The number of methoxy groups -OCH3 is 1. The maximum Gasteiger partial charge on any atom is 0.323 e. The van der Waals surface area contributed by atoms with Crippen molar-refractivity contribution in [1.29, 1.82) is 0 Å². The second-order valence-electron chi connectivity index (χ2n) is 2.44. The number of esters is 1. The first kappa shape index (κ1) is 10.5. The molecule has 1 aromatic carbocycles. The highest BCUT2D eigenvalue weighted by molar-refractivity contribution is 9.09. The van der Waals surface area contributed by atoms with Crippen LogP contribution in [0.5, 0.6) is 0 Å². The van der Waals surface area contributed by atoms with Gasteiger partial charge in [-0.15, -0.1) is 0 Å². The van der Waals surface area contributed by atoms with E-state index in [0.29, 0.717) is 5.02 Å². The molecule has 0 aliphatic carbocycles. The van der Waals surface area contributed by atoms with Gasteiger partial charge in [0.1, 0.15) is 4.83 Å². The Bertz CT molecular complexity index is 297. The van der Waals surface area contributed by atoms with Gasteiger partial charge in [0.05, 0.1) is 7.11 Å². The summed E-state index contributed by atoms with van der Waals surface area (Å²) in [7, 11) is 1.35. The third kappa shape index (κ3) is 2.71. The maximum atomic E-state index is 11.1. The molecule has 2 nitrogen and oxygen atoms in total. The highest BCUT2D eigenvalue weighted by Gasteiger charge is 2.16. The van der Waals surface area contributed by atoms with Crippen molar-refractivity contribution in [2.75, 3.05) is 7.11 Å². The van der Waals surface area contributed by atoms with Gasteiger partial charge in [-0.1, -0.05) is 39.7 Å². The molecule has 0 aromatic heterocycles. The lowest BCUT2D eigenvalue weighted by molar-refractivity contribution is -0.139. The number of hydrogen-bond acceptors (Lipinski definition) is 2.